The summed E-state index contributed by atoms with van der Waals surface area (Å²) in [7, 11) is -7.54. The summed E-state index contributed by atoms with van der Waals surface area (Å²) in [4.78, 5) is 2.33. The molecule has 7 heteroatoms. The molecule has 0 amide bonds. The third kappa shape index (κ3) is 10.3. The number of benzene rings is 12. The molecule has 0 saturated heterocycles. The van der Waals surface area contributed by atoms with E-state index in [-0.39, 0.29) is 0 Å². The van der Waals surface area contributed by atoms with Gasteiger partial charge in [0, 0.05) is 64.8 Å². The third-order valence-electron chi connectivity index (χ3n) is 14.3. The molecule has 0 saturated carbocycles. The van der Waals surface area contributed by atoms with Gasteiger partial charge in [-0.15, -0.1) is 0 Å². The van der Waals surface area contributed by atoms with Crippen molar-refractivity contribution < 1.29 is 0 Å². The van der Waals surface area contributed by atoms with Gasteiger partial charge in [-0.2, -0.15) is 0 Å². The zero-order chi connectivity index (χ0) is 53.2. The van der Waals surface area contributed by atoms with E-state index in [1.807, 2.05) is 0 Å². The Balaban J connectivity index is 1.03. The highest BCUT2D eigenvalue weighted by Gasteiger charge is 2.30. The van der Waals surface area contributed by atoms with Gasteiger partial charge in [0.05, 0.1) is 38.2 Å². The van der Waals surface area contributed by atoms with Crippen LogP contribution in [0.2, 0.25) is 0 Å². The van der Waals surface area contributed by atoms with Crippen LogP contribution in [0, 0.1) is 0 Å². The van der Waals surface area contributed by atoms with Crippen LogP contribution in [0.4, 0.5) is 34.1 Å². The minimum absolute atomic E-state index is 0.906. The van der Waals surface area contributed by atoms with Crippen molar-refractivity contribution in [1.82, 2.24) is 0 Å². The van der Waals surface area contributed by atoms with Gasteiger partial charge in [-0.1, -0.05) is 273 Å². The highest BCUT2D eigenvalue weighted by atomic mass is 31.2. The van der Waals surface area contributed by atoms with E-state index in [2.05, 4.69) is 351 Å². The van der Waals surface area contributed by atoms with Crippen LogP contribution in [0.5, 0.6) is 0 Å². The van der Waals surface area contributed by atoms with E-state index in [4.69, 9.17) is 14.2 Å². The van der Waals surface area contributed by atoms with Gasteiger partial charge in [0.15, 0.2) is 0 Å². The summed E-state index contributed by atoms with van der Waals surface area (Å²) in [6.07, 6.45) is 0. The Morgan fingerprint density at radius 2 is 0.304 bits per heavy atom. The van der Waals surface area contributed by atoms with Crippen LogP contribution in [-0.4, -0.2) is 0 Å². The predicted octanol–water partition coefficient (Wildman–Crippen LogP) is 16.6. The molecule has 0 N–H and O–H groups in total. The fourth-order valence-electron chi connectivity index (χ4n) is 10.6. The van der Waals surface area contributed by atoms with Crippen molar-refractivity contribution >= 4 is 103 Å². The summed E-state index contributed by atoms with van der Waals surface area (Å²) in [6.45, 7) is 0. The Labute approximate surface area is 465 Å². The molecule has 0 bridgehead atoms. The predicted molar refractivity (Wildman–Crippen MR) is 343 cm³/mol. The van der Waals surface area contributed by atoms with Gasteiger partial charge < -0.3 is 4.90 Å². The lowest BCUT2D eigenvalue weighted by atomic mass is 10.1. The maximum Gasteiger partial charge on any atom is 0.0626 e. The van der Waals surface area contributed by atoms with Crippen molar-refractivity contribution in [2.24, 2.45) is 14.2 Å². The van der Waals surface area contributed by atoms with Gasteiger partial charge in [0.25, 0.3) is 0 Å². The summed E-state index contributed by atoms with van der Waals surface area (Å²) < 4.78 is 17.6. The minimum atomic E-state index is -2.51. The summed E-state index contributed by atoms with van der Waals surface area (Å²) >= 11 is 0. The Morgan fingerprint density at radius 3 is 0.443 bits per heavy atom. The molecule has 0 aliphatic carbocycles. The lowest BCUT2D eigenvalue weighted by Gasteiger charge is -2.28. The van der Waals surface area contributed by atoms with E-state index >= 15 is 0 Å². The normalized spacial score (nSPS) is 11.5. The number of anilines is 3. The van der Waals surface area contributed by atoms with Gasteiger partial charge in [-0.3, -0.25) is 14.2 Å². The standard InChI is InChI=1S/C72H57N4P3/c1-10-28-64(29-11-1)77(65-30-12-2-13-31-65,66-32-14-3-15-33-66)73-58-46-52-61(53-47-58)76(62-54-48-59(49-55-62)74-78(67-34-16-4-17-35-67,68-36-18-5-19-37-68)69-38-20-6-21-39-69)63-56-50-60(51-57-63)75-79(70-40-22-7-23-41-70,71-42-24-8-25-43-71)72-44-26-9-27-45-72/h1-57H. The first-order valence-corrected chi connectivity index (χ1v) is 31.8. The van der Waals surface area contributed by atoms with E-state index in [1.165, 1.54) is 47.7 Å². The quantitative estimate of drug-likeness (QED) is 0.0943. The molecule has 0 heterocycles. The Bertz CT molecular complexity index is 3340. The largest absolute Gasteiger partial charge is 0.310 e. The second-order valence-electron chi connectivity index (χ2n) is 19.1. The average Bonchev–Trinajstić information content (AvgIpc) is 3.71. The fourth-order valence-corrected chi connectivity index (χ4v) is 21.2. The molecule has 0 aromatic heterocycles. The maximum absolute atomic E-state index is 5.86. The van der Waals surface area contributed by atoms with Crippen molar-refractivity contribution in [2.75, 3.05) is 4.90 Å². The van der Waals surface area contributed by atoms with E-state index in [1.54, 1.807) is 0 Å². The summed E-state index contributed by atoms with van der Waals surface area (Å²) in [5, 5.41) is 10.8. The number of hydrogen-bond donors (Lipinski definition) is 0. The molecular weight excluding hydrogens is 1010 g/mol. The molecule has 0 unspecified atom stereocenters. The second-order valence-corrected chi connectivity index (χ2v) is 28.2. The van der Waals surface area contributed by atoms with Gasteiger partial charge >= 0.3 is 0 Å². The van der Waals surface area contributed by atoms with Crippen molar-refractivity contribution in [2.45, 2.75) is 0 Å². The maximum atomic E-state index is 5.86. The minimum Gasteiger partial charge on any atom is -0.310 e. The Hall–Kier alpha value is -8.87. The zero-order valence-corrected chi connectivity index (χ0v) is 46.2. The molecule has 0 radical (unpaired) electrons. The molecule has 12 aromatic carbocycles. The topological polar surface area (TPSA) is 40.3 Å². The monoisotopic (exact) mass is 1070 g/mol. The summed E-state index contributed by atoms with van der Waals surface area (Å²) in [6, 6.07) is 124. The van der Waals surface area contributed by atoms with Crippen molar-refractivity contribution in [3.05, 3.63) is 346 Å². The van der Waals surface area contributed by atoms with Crippen LogP contribution in [0.3, 0.4) is 0 Å². The molecule has 12 aromatic rings. The Morgan fingerprint density at radius 1 is 0.165 bits per heavy atom. The number of nitrogens with zero attached hydrogens (tertiary/aromatic N) is 4. The summed E-state index contributed by atoms with van der Waals surface area (Å²) in [5.41, 5.74) is 5.70. The van der Waals surface area contributed by atoms with Crippen molar-refractivity contribution in [3.63, 3.8) is 0 Å². The SMILES string of the molecule is c1ccc(P(=Nc2ccc(N(c3ccc(N=P(c4ccccc4)(c4ccccc4)c4ccccc4)cc3)c3ccc(N=P(c4ccccc4)(c4ccccc4)c4ccccc4)cc3)cc2)(c2ccccc2)c2ccccc2)cc1. The van der Waals surface area contributed by atoms with E-state index in [0.717, 1.165) is 34.1 Å². The molecule has 0 aliphatic heterocycles. The number of hydrogen-bond acceptors (Lipinski definition) is 4. The van der Waals surface area contributed by atoms with E-state index in [0.29, 0.717) is 0 Å². The summed E-state index contributed by atoms with van der Waals surface area (Å²) in [5.74, 6) is 0. The first kappa shape index (κ1) is 50.9. The molecule has 380 valence electrons. The van der Waals surface area contributed by atoms with Crippen LogP contribution < -0.4 is 52.6 Å². The molecule has 0 spiro atoms. The molecule has 79 heavy (non-hydrogen) atoms. The van der Waals surface area contributed by atoms with E-state index in [9.17, 15) is 0 Å². The first-order valence-electron chi connectivity index (χ1n) is 26.6. The first-order chi connectivity index (χ1) is 39.1. The lowest BCUT2D eigenvalue weighted by Crippen LogP contribution is -2.25. The number of rotatable bonds is 15. The van der Waals surface area contributed by atoms with Gasteiger partial charge in [0.2, 0.25) is 0 Å². The van der Waals surface area contributed by atoms with Crippen molar-refractivity contribution in [1.29, 1.82) is 0 Å². The van der Waals surface area contributed by atoms with Crippen LogP contribution in [0.1, 0.15) is 0 Å². The highest BCUT2D eigenvalue weighted by molar-refractivity contribution is 7.88. The molecule has 0 fully saturated rings. The van der Waals surface area contributed by atoms with Crippen LogP contribution in [0.25, 0.3) is 0 Å². The molecule has 0 atom stereocenters. The van der Waals surface area contributed by atoms with Crippen LogP contribution in [0.15, 0.2) is 360 Å². The smallest absolute Gasteiger partial charge is 0.0626 e. The van der Waals surface area contributed by atoms with Gasteiger partial charge in [-0.25, -0.2) is 0 Å². The second kappa shape index (κ2) is 23.4. The van der Waals surface area contributed by atoms with E-state index < -0.39 is 21.2 Å². The van der Waals surface area contributed by atoms with Crippen molar-refractivity contribution in [3.8, 4) is 0 Å². The molecule has 0 aliphatic rings. The zero-order valence-electron chi connectivity index (χ0n) is 43.5. The molecule has 12 rings (SSSR count). The van der Waals surface area contributed by atoms with Crippen LogP contribution >= 0.6 is 21.2 Å². The van der Waals surface area contributed by atoms with Gasteiger partial charge in [0.1, 0.15) is 0 Å². The Kier molecular flexibility index (Phi) is 15.1. The third-order valence-corrected chi connectivity index (χ3v) is 25.3. The average molecular weight is 1070 g/mol. The lowest BCUT2D eigenvalue weighted by molar-refractivity contribution is 1.28. The fraction of sp³-hybridized carbons (Fsp3) is 0. The molecule has 4 nitrogen and oxygen atoms in total. The highest BCUT2D eigenvalue weighted by Crippen LogP contribution is 2.53. The van der Waals surface area contributed by atoms with Crippen LogP contribution in [-0.2, 0) is 0 Å². The molecular formula is C72H57N4P3. The van der Waals surface area contributed by atoms with Gasteiger partial charge in [-0.05, 0) is 72.8 Å².